The van der Waals surface area contributed by atoms with Crippen molar-refractivity contribution in [3.63, 3.8) is 0 Å². The van der Waals surface area contributed by atoms with Crippen LogP contribution in [0.3, 0.4) is 0 Å². The van der Waals surface area contributed by atoms with Gasteiger partial charge in [-0.15, -0.1) is 0 Å². The van der Waals surface area contributed by atoms with Gasteiger partial charge in [0.2, 0.25) is 10.0 Å². The Bertz CT molecular complexity index is 937. The number of hydrogen-bond donors (Lipinski definition) is 1. The van der Waals surface area contributed by atoms with Gasteiger partial charge >= 0.3 is 0 Å². The molecular weight excluding hydrogens is 376 g/mol. The predicted molar refractivity (Wildman–Crippen MR) is 114 cm³/mol. The van der Waals surface area contributed by atoms with E-state index in [0.717, 1.165) is 23.1 Å². The molecule has 1 N–H and O–H groups in total. The fourth-order valence-corrected chi connectivity index (χ4v) is 3.26. The smallest absolute Gasteiger partial charge is 0.265 e. The Balaban J connectivity index is 2.09. The molecule has 0 heterocycles. The number of carbonyl (C=O) groups is 1. The molecule has 0 fully saturated rings. The van der Waals surface area contributed by atoms with Gasteiger partial charge in [0, 0.05) is 12.7 Å². The molecule has 28 heavy (non-hydrogen) atoms. The normalized spacial score (nSPS) is 12.5. The lowest BCUT2D eigenvalue weighted by Gasteiger charge is -2.20. The number of hydrogen-bond acceptors (Lipinski definition) is 4. The third-order valence-electron chi connectivity index (χ3n) is 4.56. The molecule has 2 aromatic rings. The van der Waals surface area contributed by atoms with Gasteiger partial charge in [-0.1, -0.05) is 32.0 Å². The van der Waals surface area contributed by atoms with Gasteiger partial charge < -0.3 is 10.1 Å². The van der Waals surface area contributed by atoms with Crippen LogP contribution in [0.25, 0.3) is 0 Å². The van der Waals surface area contributed by atoms with Crippen molar-refractivity contribution in [3.05, 3.63) is 53.6 Å². The minimum atomic E-state index is -3.33. The molecule has 7 heteroatoms. The molecule has 0 bridgehead atoms. The summed E-state index contributed by atoms with van der Waals surface area (Å²) in [6, 6.07) is 12.5. The van der Waals surface area contributed by atoms with Crippen molar-refractivity contribution in [1.82, 2.24) is 0 Å². The van der Waals surface area contributed by atoms with Crippen LogP contribution in [0.5, 0.6) is 5.75 Å². The van der Waals surface area contributed by atoms with Crippen molar-refractivity contribution in [2.75, 3.05) is 22.9 Å². The zero-order chi connectivity index (χ0) is 21.1. The van der Waals surface area contributed by atoms with E-state index in [2.05, 4.69) is 19.2 Å². The maximum Gasteiger partial charge on any atom is 0.265 e. The summed E-state index contributed by atoms with van der Waals surface area (Å²) in [5.74, 6) is 0.529. The summed E-state index contributed by atoms with van der Waals surface area (Å²) in [6.45, 7) is 7.81. The lowest BCUT2D eigenvalue weighted by atomic mass is 9.98. The summed E-state index contributed by atoms with van der Waals surface area (Å²) in [4.78, 5) is 12.6. The maximum atomic E-state index is 12.6. The molecule has 0 unspecified atom stereocenters. The molecule has 0 spiro atoms. The first-order valence-corrected chi connectivity index (χ1v) is 11.0. The van der Waals surface area contributed by atoms with E-state index in [1.165, 1.54) is 11.4 Å². The summed E-state index contributed by atoms with van der Waals surface area (Å²) in [6.07, 6.45) is 0.430. The second-order valence-corrected chi connectivity index (χ2v) is 9.18. The van der Waals surface area contributed by atoms with E-state index in [9.17, 15) is 13.2 Å². The van der Waals surface area contributed by atoms with E-state index >= 15 is 0 Å². The minimum absolute atomic E-state index is 0.242. The third-order valence-corrected chi connectivity index (χ3v) is 5.76. The summed E-state index contributed by atoms with van der Waals surface area (Å²) in [5, 5.41) is 2.98. The van der Waals surface area contributed by atoms with Gasteiger partial charge in [0.15, 0.2) is 6.10 Å². The number of nitrogens with zero attached hydrogens (tertiary/aromatic N) is 1. The van der Waals surface area contributed by atoms with Crippen LogP contribution in [-0.2, 0) is 14.8 Å². The topological polar surface area (TPSA) is 75.7 Å². The van der Waals surface area contributed by atoms with Crippen LogP contribution in [0, 0.1) is 6.92 Å². The zero-order valence-corrected chi connectivity index (χ0v) is 18.0. The minimum Gasteiger partial charge on any atom is -0.481 e. The van der Waals surface area contributed by atoms with Gasteiger partial charge in [-0.25, -0.2) is 8.42 Å². The molecule has 0 radical (unpaired) electrons. The zero-order valence-electron chi connectivity index (χ0n) is 17.2. The van der Waals surface area contributed by atoms with Crippen LogP contribution in [0.2, 0.25) is 0 Å². The number of benzene rings is 2. The Morgan fingerprint density at radius 2 is 1.68 bits per heavy atom. The summed E-state index contributed by atoms with van der Waals surface area (Å²) in [5.41, 5.74) is 3.42. The van der Waals surface area contributed by atoms with Crippen molar-refractivity contribution in [1.29, 1.82) is 0 Å². The molecular formula is C21H28N2O4S. The molecule has 0 aliphatic carbocycles. The number of amides is 1. The van der Waals surface area contributed by atoms with Gasteiger partial charge in [0.05, 0.1) is 11.9 Å². The Hall–Kier alpha value is -2.54. The first-order valence-electron chi connectivity index (χ1n) is 9.11. The van der Waals surface area contributed by atoms with E-state index in [1.54, 1.807) is 31.2 Å². The molecule has 6 nitrogen and oxygen atoms in total. The highest BCUT2D eigenvalue weighted by molar-refractivity contribution is 7.92. The molecule has 1 amide bonds. The van der Waals surface area contributed by atoms with Crippen molar-refractivity contribution in [2.24, 2.45) is 0 Å². The Kier molecular flexibility index (Phi) is 6.72. The molecule has 0 aromatic heterocycles. The lowest BCUT2D eigenvalue weighted by molar-refractivity contribution is -0.122. The standard InChI is InChI=1S/C21H28N2O4S/c1-14(2)19-9-7-8-15(3)20(19)22-21(24)16(4)27-18-12-10-17(11-13-18)23(5)28(6,25)26/h7-14,16H,1-6H3,(H,22,24)/t16-/m1/s1. The highest BCUT2D eigenvalue weighted by atomic mass is 32.2. The van der Waals surface area contributed by atoms with Crippen LogP contribution in [0.1, 0.15) is 37.8 Å². The van der Waals surface area contributed by atoms with E-state index in [0.29, 0.717) is 11.4 Å². The SMILES string of the molecule is Cc1cccc(C(C)C)c1NC(=O)[C@@H](C)Oc1ccc(N(C)S(C)(=O)=O)cc1. The quantitative estimate of drug-likeness (QED) is 0.759. The van der Waals surface area contributed by atoms with Gasteiger partial charge in [0.25, 0.3) is 5.91 Å². The molecule has 1 atom stereocenters. The van der Waals surface area contributed by atoms with Gasteiger partial charge in [0.1, 0.15) is 5.75 Å². The van der Waals surface area contributed by atoms with Gasteiger partial charge in [-0.2, -0.15) is 0 Å². The molecule has 152 valence electrons. The van der Waals surface area contributed by atoms with Gasteiger partial charge in [-0.3, -0.25) is 9.10 Å². The Labute approximate surface area is 167 Å². The molecule has 2 rings (SSSR count). The molecule has 0 saturated carbocycles. The number of rotatable bonds is 7. The second-order valence-electron chi connectivity index (χ2n) is 7.17. The molecule has 0 aliphatic rings. The number of anilines is 2. The number of nitrogens with one attached hydrogen (secondary N) is 1. The fourth-order valence-electron chi connectivity index (χ4n) is 2.75. The number of para-hydroxylation sites is 1. The molecule has 2 aromatic carbocycles. The highest BCUT2D eigenvalue weighted by Crippen LogP contribution is 2.28. The maximum absolute atomic E-state index is 12.6. The summed E-state index contributed by atoms with van der Waals surface area (Å²) in [7, 11) is -1.84. The highest BCUT2D eigenvalue weighted by Gasteiger charge is 2.19. The van der Waals surface area contributed by atoms with Crippen LogP contribution < -0.4 is 14.4 Å². The average Bonchev–Trinajstić information content (AvgIpc) is 2.62. The molecule has 0 aliphatic heterocycles. The largest absolute Gasteiger partial charge is 0.481 e. The van der Waals surface area contributed by atoms with Crippen molar-refractivity contribution in [3.8, 4) is 5.75 Å². The number of carbonyl (C=O) groups excluding carboxylic acids is 1. The monoisotopic (exact) mass is 404 g/mol. The van der Waals surface area contributed by atoms with E-state index in [1.807, 2.05) is 25.1 Å². The van der Waals surface area contributed by atoms with E-state index < -0.39 is 16.1 Å². The fraction of sp³-hybridized carbons (Fsp3) is 0.381. The summed E-state index contributed by atoms with van der Waals surface area (Å²) >= 11 is 0. The van der Waals surface area contributed by atoms with Crippen molar-refractivity contribution in [2.45, 2.75) is 39.7 Å². The number of sulfonamides is 1. The first kappa shape index (κ1) is 21.8. The van der Waals surface area contributed by atoms with Crippen molar-refractivity contribution >= 4 is 27.3 Å². The Morgan fingerprint density at radius 3 is 2.21 bits per heavy atom. The van der Waals surface area contributed by atoms with Crippen LogP contribution in [0.15, 0.2) is 42.5 Å². The third kappa shape index (κ3) is 5.25. The van der Waals surface area contributed by atoms with Crippen LogP contribution >= 0.6 is 0 Å². The number of ether oxygens (including phenoxy) is 1. The lowest BCUT2D eigenvalue weighted by Crippen LogP contribution is -2.31. The molecule has 0 saturated heterocycles. The van der Waals surface area contributed by atoms with Crippen LogP contribution in [0.4, 0.5) is 11.4 Å². The van der Waals surface area contributed by atoms with E-state index in [-0.39, 0.29) is 11.8 Å². The van der Waals surface area contributed by atoms with Gasteiger partial charge in [-0.05, 0) is 55.2 Å². The summed E-state index contributed by atoms with van der Waals surface area (Å²) < 4.78 is 30.1. The number of aryl methyl sites for hydroxylation is 1. The van der Waals surface area contributed by atoms with Crippen LogP contribution in [-0.4, -0.2) is 33.7 Å². The first-order chi connectivity index (χ1) is 13.0. The predicted octanol–water partition coefficient (Wildman–Crippen LogP) is 3.92. The second kappa shape index (κ2) is 8.65. The van der Waals surface area contributed by atoms with E-state index in [4.69, 9.17) is 4.74 Å². The Morgan fingerprint density at radius 1 is 1.07 bits per heavy atom. The average molecular weight is 405 g/mol. The van der Waals surface area contributed by atoms with Crippen molar-refractivity contribution < 1.29 is 17.9 Å².